The number of aryl methyl sites for hydroxylation is 1. The molecule has 0 heterocycles. The fourth-order valence-electron chi connectivity index (χ4n) is 3.89. The Kier molecular flexibility index (Phi) is 5.63. The molecule has 1 aliphatic rings. The third-order valence-electron chi connectivity index (χ3n) is 5.48. The number of hydrogen-bond acceptors (Lipinski definition) is 3. The molecule has 5 heteroatoms. The van der Waals surface area contributed by atoms with E-state index in [0.717, 1.165) is 29.2 Å². The molecule has 1 N–H and O–H groups in total. The van der Waals surface area contributed by atoms with Gasteiger partial charge in [0.25, 0.3) is 0 Å². The number of fused-ring (bicyclic) bond motifs is 1. The summed E-state index contributed by atoms with van der Waals surface area (Å²) >= 11 is 6.12. The van der Waals surface area contributed by atoms with Gasteiger partial charge in [0.05, 0.1) is 13.2 Å². The summed E-state index contributed by atoms with van der Waals surface area (Å²) < 4.78 is 19.4. The highest BCUT2D eigenvalue weighted by molar-refractivity contribution is 6.30. The Morgan fingerprint density at radius 2 is 2.00 bits per heavy atom. The van der Waals surface area contributed by atoms with Gasteiger partial charge in [0, 0.05) is 41.6 Å². The molecule has 0 saturated carbocycles. The molecule has 0 saturated heterocycles. The first kappa shape index (κ1) is 19.6. The fraction of sp³-hybridized carbons (Fsp3) is 0.250. The zero-order chi connectivity index (χ0) is 20.4. The summed E-state index contributed by atoms with van der Waals surface area (Å²) in [6.07, 6.45) is 2.09. The van der Waals surface area contributed by atoms with E-state index in [4.69, 9.17) is 16.3 Å². The molecule has 3 nitrogen and oxygen atoms in total. The second-order valence-electron chi connectivity index (χ2n) is 7.44. The monoisotopic (exact) mass is 410 g/mol. The van der Waals surface area contributed by atoms with Crippen LogP contribution in [0.2, 0.25) is 5.02 Å². The van der Waals surface area contributed by atoms with Crippen LogP contribution in [-0.2, 0) is 13.0 Å². The van der Waals surface area contributed by atoms with Crippen molar-refractivity contribution in [2.24, 2.45) is 0 Å². The van der Waals surface area contributed by atoms with E-state index in [1.54, 1.807) is 19.2 Å². The highest BCUT2D eigenvalue weighted by Gasteiger charge is 2.23. The lowest BCUT2D eigenvalue weighted by Gasteiger charge is -2.22. The highest BCUT2D eigenvalue weighted by Crippen LogP contribution is 2.36. The summed E-state index contributed by atoms with van der Waals surface area (Å²) in [7, 11) is 3.53. The maximum Gasteiger partial charge on any atom is 0.131 e. The maximum absolute atomic E-state index is 14.3. The Hall–Kier alpha value is -2.72. The van der Waals surface area contributed by atoms with E-state index in [-0.39, 0.29) is 11.9 Å². The number of ether oxygens (including phenoxy) is 1. The number of benzene rings is 3. The minimum atomic E-state index is -0.252. The van der Waals surface area contributed by atoms with Crippen LogP contribution in [0.1, 0.15) is 29.2 Å². The van der Waals surface area contributed by atoms with Gasteiger partial charge in [0.1, 0.15) is 11.6 Å². The predicted molar refractivity (Wildman–Crippen MR) is 118 cm³/mol. The zero-order valence-electron chi connectivity index (χ0n) is 16.6. The summed E-state index contributed by atoms with van der Waals surface area (Å²) in [5, 5.41) is 4.32. The number of methoxy groups -OCH3 is 1. The van der Waals surface area contributed by atoms with Crippen LogP contribution in [0.25, 0.3) is 0 Å². The Morgan fingerprint density at radius 1 is 1.14 bits per heavy atom. The number of nitrogens with zero attached hydrogens (tertiary/aromatic N) is 1. The first-order valence-corrected chi connectivity index (χ1v) is 10.1. The van der Waals surface area contributed by atoms with Crippen LogP contribution in [0.5, 0.6) is 5.75 Å². The van der Waals surface area contributed by atoms with Crippen LogP contribution in [0, 0.1) is 5.82 Å². The Balaban J connectivity index is 1.53. The molecule has 1 aliphatic carbocycles. The fourth-order valence-corrected chi connectivity index (χ4v) is 4.08. The standard InChI is InChI=1S/C24H24ClFN2O/c1-28(15-17-7-10-21(29-2)14-23(17)26)20-9-6-16-8-11-24(22(16)13-20)27-19-5-3-4-18(25)12-19/h3-7,9-10,12-14,24,27H,8,11,15H2,1-2H3. The summed E-state index contributed by atoms with van der Waals surface area (Å²) in [4.78, 5) is 2.07. The van der Waals surface area contributed by atoms with Crippen LogP contribution in [0.15, 0.2) is 60.7 Å². The first-order valence-electron chi connectivity index (χ1n) is 9.72. The lowest BCUT2D eigenvalue weighted by molar-refractivity contribution is 0.410. The molecular weight excluding hydrogens is 387 g/mol. The molecule has 0 fully saturated rings. The third-order valence-corrected chi connectivity index (χ3v) is 5.72. The lowest BCUT2D eigenvalue weighted by atomic mass is 10.1. The molecule has 0 radical (unpaired) electrons. The minimum absolute atomic E-state index is 0.245. The van der Waals surface area contributed by atoms with Crippen molar-refractivity contribution in [2.45, 2.75) is 25.4 Å². The number of hydrogen-bond donors (Lipinski definition) is 1. The van der Waals surface area contributed by atoms with E-state index < -0.39 is 0 Å². The van der Waals surface area contributed by atoms with Gasteiger partial charge in [0.15, 0.2) is 0 Å². The van der Waals surface area contributed by atoms with E-state index in [9.17, 15) is 4.39 Å². The minimum Gasteiger partial charge on any atom is -0.497 e. The molecule has 1 atom stereocenters. The molecule has 0 amide bonds. The Morgan fingerprint density at radius 3 is 2.76 bits per heavy atom. The Bertz CT molecular complexity index is 1020. The van der Waals surface area contributed by atoms with Gasteiger partial charge in [0.2, 0.25) is 0 Å². The Labute approximate surface area is 176 Å². The molecule has 3 aromatic carbocycles. The third kappa shape index (κ3) is 4.33. The second kappa shape index (κ2) is 8.34. The van der Waals surface area contributed by atoms with Gasteiger partial charge in [-0.15, -0.1) is 0 Å². The summed E-state index contributed by atoms with van der Waals surface area (Å²) in [6, 6.07) is 19.6. The van der Waals surface area contributed by atoms with Crippen LogP contribution < -0.4 is 15.0 Å². The van der Waals surface area contributed by atoms with Gasteiger partial charge in [-0.3, -0.25) is 0 Å². The van der Waals surface area contributed by atoms with E-state index in [2.05, 4.69) is 28.4 Å². The summed E-state index contributed by atoms with van der Waals surface area (Å²) in [6.45, 7) is 0.487. The van der Waals surface area contributed by atoms with E-state index in [1.165, 1.54) is 17.2 Å². The molecule has 150 valence electrons. The van der Waals surface area contributed by atoms with Crippen molar-refractivity contribution in [1.29, 1.82) is 0 Å². The lowest BCUT2D eigenvalue weighted by Crippen LogP contribution is -2.18. The molecule has 3 aromatic rings. The van der Waals surface area contributed by atoms with Gasteiger partial charge in [-0.05, 0) is 60.4 Å². The quantitative estimate of drug-likeness (QED) is 0.521. The topological polar surface area (TPSA) is 24.5 Å². The number of halogens is 2. The smallest absolute Gasteiger partial charge is 0.131 e. The average molecular weight is 411 g/mol. The van der Waals surface area contributed by atoms with Gasteiger partial charge < -0.3 is 15.0 Å². The molecule has 4 rings (SSSR count). The van der Waals surface area contributed by atoms with Crippen molar-refractivity contribution in [3.63, 3.8) is 0 Å². The largest absolute Gasteiger partial charge is 0.497 e. The molecule has 29 heavy (non-hydrogen) atoms. The predicted octanol–water partition coefficient (Wildman–Crippen LogP) is 6.22. The highest BCUT2D eigenvalue weighted by atomic mass is 35.5. The van der Waals surface area contributed by atoms with Crippen molar-refractivity contribution in [3.8, 4) is 5.75 Å². The molecule has 0 aliphatic heterocycles. The zero-order valence-corrected chi connectivity index (χ0v) is 17.3. The van der Waals surface area contributed by atoms with Crippen LogP contribution in [0.3, 0.4) is 0 Å². The normalized spacial score (nSPS) is 15.1. The number of rotatable bonds is 6. The van der Waals surface area contributed by atoms with Gasteiger partial charge in [-0.1, -0.05) is 29.8 Å². The van der Waals surface area contributed by atoms with Gasteiger partial charge in [-0.25, -0.2) is 4.39 Å². The molecule has 1 unspecified atom stereocenters. The summed E-state index contributed by atoms with van der Waals surface area (Å²) in [5.74, 6) is 0.277. The van der Waals surface area contributed by atoms with Crippen LogP contribution in [0.4, 0.5) is 15.8 Å². The first-order chi connectivity index (χ1) is 14.0. The average Bonchev–Trinajstić information content (AvgIpc) is 3.11. The number of anilines is 2. The van der Waals surface area contributed by atoms with Crippen molar-refractivity contribution in [1.82, 2.24) is 0 Å². The maximum atomic E-state index is 14.3. The van der Waals surface area contributed by atoms with E-state index >= 15 is 0 Å². The molecule has 0 aromatic heterocycles. The van der Waals surface area contributed by atoms with Crippen LogP contribution in [-0.4, -0.2) is 14.2 Å². The van der Waals surface area contributed by atoms with Gasteiger partial charge >= 0.3 is 0 Å². The number of nitrogens with one attached hydrogen (secondary N) is 1. The van der Waals surface area contributed by atoms with Crippen molar-refractivity contribution in [3.05, 3.63) is 88.2 Å². The SMILES string of the molecule is COc1ccc(CN(C)c2ccc3c(c2)C(Nc2cccc(Cl)c2)CC3)c(F)c1. The van der Waals surface area contributed by atoms with Gasteiger partial charge in [-0.2, -0.15) is 0 Å². The molecule has 0 bridgehead atoms. The van der Waals surface area contributed by atoms with Crippen molar-refractivity contribution >= 4 is 23.0 Å². The molecular formula is C24H24ClFN2O. The van der Waals surface area contributed by atoms with Crippen molar-refractivity contribution < 1.29 is 9.13 Å². The summed E-state index contributed by atoms with van der Waals surface area (Å²) in [5.41, 5.74) is 5.39. The second-order valence-corrected chi connectivity index (χ2v) is 7.88. The van der Waals surface area contributed by atoms with Crippen molar-refractivity contribution in [2.75, 3.05) is 24.4 Å². The molecule has 0 spiro atoms. The van der Waals surface area contributed by atoms with E-state index in [1.807, 2.05) is 31.3 Å². The van der Waals surface area contributed by atoms with Crippen LogP contribution >= 0.6 is 11.6 Å². The van der Waals surface area contributed by atoms with E-state index in [0.29, 0.717) is 17.9 Å².